The van der Waals surface area contributed by atoms with Crippen molar-refractivity contribution in [2.24, 2.45) is 5.92 Å². The van der Waals surface area contributed by atoms with E-state index in [9.17, 15) is 9.18 Å². The monoisotopic (exact) mass is 188 g/mol. The summed E-state index contributed by atoms with van der Waals surface area (Å²) >= 11 is 0. The molecule has 4 heteroatoms. The van der Waals surface area contributed by atoms with Crippen molar-refractivity contribution in [2.45, 2.75) is 38.1 Å². The van der Waals surface area contributed by atoms with Gasteiger partial charge in [0.15, 0.2) is 0 Å². The molecule has 3 nitrogen and oxygen atoms in total. The first-order valence-electron chi connectivity index (χ1n) is 4.70. The van der Waals surface area contributed by atoms with Gasteiger partial charge < -0.3 is 9.47 Å². The third kappa shape index (κ3) is 1.55. The van der Waals surface area contributed by atoms with Crippen LogP contribution in [0.5, 0.6) is 0 Å². The number of hydrogen-bond donors (Lipinski definition) is 0. The van der Waals surface area contributed by atoms with Crippen LogP contribution in [0.3, 0.4) is 0 Å². The highest BCUT2D eigenvalue weighted by Gasteiger charge is 2.54. The first-order chi connectivity index (χ1) is 6.24. The van der Waals surface area contributed by atoms with E-state index in [1.165, 1.54) is 0 Å². The van der Waals surface area contributed by atoms with Crippen molar-refractivity contribution in [2.75, 3.05) is 6.61 Å². The average Bonchev–Trinajstić information content (AvgIpc) is 2.78. The smallest absolute Gasteiger partial charge is 0.341 e. The van der Waals surface area contributed by atoms with Crippen LogP contribution in [0.2, 0.25) is 0 Å². The number of esters is 1. The fraction of sp³-hybridized carbons (Fsp3) is 0.889. The summed E-state index contributed by atoms with van der Waals surface area (Å²) in [6, 6.07) is 0. The van der Waals surface area contributed by atoms with Crippen molar-refractivity contribution < 1.29 is 18.7 Å². The van der Waals surface area contributed by atoms with E-state index in [-0.39, 0.29) is 24.7 Å². The summed E-state index contributed by atoms with van der Waals surface area (Å²) in [6.45, 7) is 1.91. The van der Waals surface area contributed by atoms with Gasteiger partial charge in [0.05, 0.1) is 18.8 Å². The molecule has 2 fully saturated rings. The summed E-state index contributed by atoms with van der Waals surface area (Å²) < 4.78 is 23.2. The molecule has 1 unspecified atom stereocenters. The van der Waals surface area contributed by atoms with Crippen LogP contribution in [-0.2, 0) is 14.3 Å². The summed E-state index contributed by atoms with van der Waals surface area (Å²) in [6.07, 6.45) is 0.347. The molecule has 0 aromatic heterocycles. The summed E-state index contributed by atoms with van der Waals surface area (Å²) in [4.78, 5) is 11.0. The number of fused-ring (bicyclic) bond motifs is 1. The Bertz CT molecular complexity index is 219. The Morgan fingerprint density at radius 2 is 2.46 bits per heavy atom. The minimum Gasteiger partial charge on any atom is -0.464 e. The standard InChI is InChI=1S/C9H13FO3/c1-2-12-9(11)7(10)5-3-4-6-8(5)13-6/h5-8H,2-4H2,1H3/t5-,6+,7?,8-/m1/s1. The lowest BCUT2D eigenvalue weighted by Gasteiger charge is -2.14. The molecular weight excluding hydrogens is 175 g/mol. The minimum atomic E-state index is -1.49. The van der Waals surface area contributed by atoms with Gasteiger partial charge in [-0.2, -0.15) is 0 Å². The van der Waals surface area contributed by atoms with Gasteiger partial charge in [-0.05, 0) is 19.8 Å². The molecule has 1 saturated heterocycles. The molecule has 1 heterocycles. The van der Waals surface area contributed by atoms with Crippen molar-refractivity contribution in [3.63, 3.8) is 0 Å². The first-order valence-corrected chi connectivity index (χ1v) is 4.70. The topological polar surface area (TPSA) is 38.8 Å². The predicted octanol–water partition coefficient (Wildman–Crippen LogP) is 1.06. The van der Waals surface area contributed by atoms with Crippen LogP contribution in [-0.4, -0.2) is 31.0 Å². The molecule has 0 aromatic carbocycles. The SMILES string of the molecule is CCOC(=O)C(F)[C@H]1CC[C@@H]2O[C@@H]21. The predicted molar refractivity (Wildman–Crippen MR) is 42.9 cm³/mol. The van der Waals surface area contributed by atoms with E-state index in [4.69, 9.17) is 4.74 Å². The van der Waals surface area contributed by atoms with E-state index in [1.807, 2.05) is 0 Å². The van der Waals surface area contributed by atoms with Gasteiger partial charge in [0, 0.05) is 5.92 Å². The Hall–Kier alpha value is -0.640. The highest BCUT2D eigenvalue weighted by molar-refractivity contribution is 5.75. The highest BCUT2D eigenvalue weighted by atomic mass is 19.1. The largest absolute Gasteiger partial charge is 0.464 e. The average molecular weight is 188 g/mol. The molecule has 0 aromatic rings. The number of epoxide rings is 1. The molecule has 74 valence electrons. The van der Waals surface area contributed by atoms with Gasteiger partial charge >= 0.3 is 5.97 Å². The van der Waals surface area contributed by atoms with Crippen molar-refractivity contribution >= 4 is 5.97 Å². The Morgan fingerprint density at radius 1 is 1.69 bits per heavy atom. The van der Waals surface area contributed by atoms with Gasteiger partial charge in [-0.1, -0.05) is 0 Å². The molecule has 2 rings (SSSR count). The van der Waals surface area contributed by atoms with Gasteiger partial charge in [0.25, 0.3) is 0 Å². The van der Waals surface area contributed by atoms with E-state index >= 15 is 0 Å². The Balaban J connectivity index is 1.88. The molecule has 1 aliphatic carbocycles. The molecule has 13 heavy (non-hydrogen) atoms. The summed E-state index contributed by atoms with van der Waals surface area (Å²) in [5.41, 5.74) is 0. The summed E-state index contributed by atoms with van der Waals surface area (Å²) in [5, 5.41) is 0. The second-order valence-corrected chi connectivity index (χ2v) is 3.53. The highest BCUT2D eigenvalue weighted by Crippen LogP contribution is 2.45. The lowest BCUT2D eigenvalue weighted by Crippen LogP contribution is -2.29. The number of rotatable bonds is 3. The van der Waals surface area contributed by atoms with Crippen LogP contribution in [0.25, 0.3) is 0 Å². The summed E-state index contributed by atoms with van der Waals surface area (Å²) in [5.74, 6) is -0.993. The third-order valence-corrected chi connectivity index (χ3v) is 2.72. The molecule has 2 aliphatic rings. The zero-order valence-corrected chi connectivity index (χ0v) is 7.53. The van der Waals surface area contributed by atoms with E-state index in [0.29, 0.717) is 0 Å². The van der Waals surface area contributed by atoms with Crippen LogP contribution in [0.15, 0.2) is 0 Å². The molecule has 1 aliphatic heterocycles. The number of carbonyl (C=O) groups excluding carboxylic acids is 1. The molecule has 0 amide bonds. The fourth-order valence-corrected chi connectivity index (χ4v) is 2.00. The van der Waals surface area contributed by atoms with Crippen LogP contribution >= 0.6 is 0 Å². The van der Waals surface area contributed by atoms with E-state index < -0.39 is 12.1 Å². The first kappa shape index (κ1) is 8.94. The lowest BCUT2D eigenvalue weighted by molar-refractivity contribution is -0.151. The van der Waals surface area contributed by atoms with Gasteiger partial charge in [0.1, 0.15) is 0 Å². The van der Waals surface area contributed by atoms with Crippen molar-refractivity contribution in [1.82, 2.24) is 0 Å². The number of hydrogen-bond acceptors (Lipinski definition) is 3. The van der Waals surface area contributed by atoms with Crippen LogP contribution in [0, 0.1) is 5.92 Å². The quantitative estimate of drug-likeness (QED) is 0.491. The number of ether oxygens (including phenoxy) is 2. The summed E-state index contributed by atoms with van der Waals surface area (Å²) in [7, 11) is 0. The maximum Gasteiger partial charge on any atom is 0.341 e. The molecular formula is C9H13FO3. The van der Waals surface area contributed by atoms with Crippen molar-refractivity contribution in [1.29, 1.82) is 0 Å². The zero-order valence-electron chi connectivity index (χ0n) is 7.53. The molecule has 4 atom stereocenters. The fourth-order valence-electron chi connectivity index (χ4n) is 2.00. The second kappa shape index (κ2) is 3.25. The van der Waals surface area contributed by atoms with E-state index in [0.717, 1.165) is 12.8 Å². The lowest BCUT2D eigenvalue weighted by atomic mass is 10.0. The minimum absolute atomic E-state index is 0.0144. The third-order valence-electron chi connectivity index (χ3n) is 2.72. The van der Waals surface area contributed by atoms with Crippen LogP contribution in [0.4, 0.5) is 4.39 Å². The second-order valence-electron chi connectivity index (χ2n) is 3.53. The van der Waals surface area contributed by atoms with Crippen molar-refractivity contribution in [3.8, 4) is 0 Å². The molecule has 0 spiro atoms. The van der Waals surface area contributed by atoms with Crippen molar-refractivity contribution in [3.05, 3.63) is 0 Å². The van der Waals surface area contributed by atoms with E-state index in [2.05, 4.69) is 4.74 Å². The van der Waals surface area contributed by atoms with Gasteiger partial charge in [0.2, 0.25) is 6.17 Å². The number of carbonyl (C=O) groups is 1. The molecule has 0 N–H and O–H groups in total. The normalized spacial score (nSPS) is 38.2. The Morgan fingerprint density at radius 3 is 2.92 bits per heavy atom. The maximum absolute atomic E-state index is 13.4. The number of halogens is 1. The van der Waals surface area contributed by atoms with Gasteiger partial charge in [-0.15, -0.1) is 0 Å². The Kier molecular flexibility index (Phi) is 2.24. The van der Waals surface area contributed by atoms with E-state index in [1.54, 1.807) is 6.92 Å². The zero-order chi connectivity index (χ0) is 9.42. The van der Waals surface area contributed by atoms with Crippen LogP contribution in [0.1, 0.15) is 19.8 Å². The maximum atomic E-state index is 13.4. The van der Waals surface area contributed by atoms with Crippen LogP contribution < -0.4 is 0 Å². The molecule has 1 saturated carbocycles. The molecule has 0 bridgehead atoms. The Labute approximate surface area is 76.2 Å². The number of alkyl halides is 1. The molecule has 0 radical (unpaired) electrons. The van der Waals surface area contributed by atoms with Gasteiger partial charge in [-0.3, -0.25) is 0 Å². The van der Waals surface area contributed by atoms with Gasteiger partial charge in [-0.25, -0.2) is 9.18 Å².